The Balaban J connectivity index is 2.07. The molecule has 0 bridgehead atoms. The molecule has 2 unspecified atom stereocenters. The maximum atomic E-state index is 6.02. The van der Waals surface area contributed by atoms with Crippen LogP contribution in [0.25, 0.3) is 0 Å². The normalized spacial score (nSPS) is 24.4. The van der Waals surface area contributed by atoms with Gasteiger partial charge in [0.25, 0.3) is 0 Å². The Bertz CT molecular complexity index is 378. The Kier molecular flexibility index (Phi) is 3.77. The van der Waals surface area contributed by atoms with E-state index in [1.54, 1.807) is 7.11 Å². The summed E-state index contributed by atoms with van der Waals surface area (Å²) in [6.07, 6.45) is 5.16. The van der Waals surface area contributed by atoms with E-state index < -0.39 is 0 Å². The molecule has 3 nitrogen and oxygen atoms in total. The summed E-state index contributed by atoms with van der Waals surface area (Å²) in [4.78, 5) is 0. The van der Waals surface area contributed by atoms with Crippen molar-refractivity contribution in [2.75, 3.05) is 12.8 Å². The highest BCUT2D eigenvalue weighted by atomic mass is 16.5. The minimum absolute atomic E-state index is 0.316. The molecular weight excluding hydrogens is 214 g/mol. The average molecular weight is 235 g/mol. The molecule has 0 heterocycles. The van der Waals surface area contributed by atoms with Gasteiger partial charge in [-0.25, -0.2) is 0 Å². The quantitative estimate of drug-likeness (QED) is 0.818. The highest BCUT2D eigenvalue weighted by Gasteiger charge is 2.21. The Morgan fingerprint density at radius 1 is 1.24 bits per heavy atom. The third-order valence-corrected chi connectivity index (χ3v) is 3.37. The van der Waals surface area contributed by atoms with E-state index in [9.17, 15) is 0 Å². The maximum Gasteiger partial charge on any atom is 0.162 e. The number of methoxy groups -OCH3 is 1. The molecule has 17 heavy (non-hydrogen) atoms. The van der Waals surface area contributed by atoms with Gasteiger partial charge < -0.3 is 15.2 Å². The molecule has 3 heteroatoms. The first-order chi connectivity index (χ1) is 8.19. The van der Waals surface area contributed by atoms with Crippen molar-refractivity contribution in [1.29, 1.82) is 0 Å². The minimum atomic E-state index is 0.316. The Labute approximate surface area is 103 Å². The SMILES string of the molecule is COc1cc(N)ccc1OC1CCCC(C)C1. The van der Waals surface area contributed by atoms with Crippen LogP contribution in [0.3, 0.4) is 0 Å². The van der Waals surface area contributed by atoms with Crippen molar-refractivity contribution in [3.05, 3.63) is 18.2 Å². The van der Waals surface area contributed by atoms with Gasteiger partial charge in [-0.05, 0) is 37.3 Å². The monoisotopic (exact) mass is 235 g/mol. The van der Waals surface area contributed by atoms with Gasteiger partial charge in [-0.15, -0.1) is 0 Å². The van der Waals surface area contributed by atoms with Gasteiger partial charge >= 0.3 is 0 Å². The first-order valence-corrected chi connectivity index (χ1v) is 6.29. The number of nitrogen functional groups attached to an aromatic ring is 1. The fraction of sp³-hybridized carbons (Fsp3) is 0.571. The molecule has 0 amide bonds. The molecule has 0 aliphatic heterocycles. The van der Waals surface area contributed by atoms with Gasteiger partial charge in [0.2, 0.25) is 0 Å². The van der Waals surface area contributed by atoms with Gasteiger partial charge in [-0.3, -0.25) is 0 Å². The Morgan fingerprint density at radius 3 is 2.76 bits per heavy atom. The van der Waals surface area contributed by atoms with Crippen LogP contribution in [0.2, 0.25) is 0 Å². The highest BCUT2D eigenvalue weighted by molar-refractivity contribution is 5.51. The molecular formula is C14H21NO2. The molecule has 1 aliphatic carbocycles. The maximum absolute atomic E-state index is 6.02. The predicted octanol–water partition coefficient (Wildman–Crippen LogP) is 3.23. The van der Waals surface area contributed by atoms with Gasteiger partial charge in [0.15, 0.2) is 11.5 Å². The van der Waals surface area contributed by atoms with Crippen LogP contribution in [0, 0.1) is 5.92 Å². The van der Waals surface area contributed by atoms with Crippen LogP contribution in [0.1, 0.15) is 32.6 Å². The lowest BCUT2D eigenvalue weighted by molar-refractivity contribution is 0.125. The molecule has 2 rings (SSSR count). The van der Waals surface area contributed by atoms with Crippen LogP contribution in [0.15, 0.2) is 18.2 Å². The molecule has 2 atom stereocenters. The molecule has 0 aromatic heterocycles. The van der Waals surface area contributed by atoms with Gasteiger partial charge in [-0.2, -0.15) is 0 Å². The molecule has 94 valence electrons. The molecule has 0 saturated heterocycles. The fourth-order valence-corrected chi connectivity index (χ4v) is 2.45. The fourth-order valence-electron chi connectivity index (χ4n) is 2.45. The smallest absolute Gasteiger partial charge is 0.162 e. The molecule has 0 radical (unpaired) electrons. The second kappa shape index (κ2) is 5.30. The van der Waals surface area contributed by atoms with Crippen LogP contribution in [-0.2, 0) is 0 Å². The second-order valence-electron chi connectivity index (χ2n) is 4.92. The van der Waals surface area contributed by atoms with E-state index in [2.05, 4.69) is 6.92 Å². The van der Waals surface area contributed by atoms with E-state index in [0.29, 0.717) is 11.8 Å². The summed E-state index contributed by atoms with van der Waals surface area (Å²) in [5, 5.41) is 0. The number of hydrogen-bond donors (Lipinski definition) is 1. The summed E-state index contributed by atoms with van der Waals surface area (Å²) in [7, 11) is 1.64. The molecule has 1 fully saturated rings. The van der Waals surface area contributed by atoms with Crippen LogP contribution in [-0.4, -0.2) is 13.2 Å². The van der Waals surface area contributed by atoms with E-state index in [1.165, 1.54) is 12.8 Å². The zero-order valence-electron chi connectivity index (χ0n) is 10.6. The first kappa shape index (κ1) is 12.1. The second-order valence-corrected chi connectivity index (χ2v) is 4.92. The molecule has 0 spiro atoms. The lowest BCUT2D eigenvalue weighted by atomic mass is 9.89. The zero-order valence-corrected chi connectivity index (χ0v) is 10.6. The van der Waals surface area contributed by atoms with Crippen molar-refractivity contribution in [2.45, 2.75) is 38.7 Å². The Morgan fingerprint density at radius 2 is 2.06 bits per heavy atom. The minimum Gasteiger partial charge on any atom is -0.493 e. The standard InChI is InChI=1S/C14H21NO2/c1-10-4-3-5-12(8-10)17-13-7-6-11(15)9-14(13)16-2/h6-7,9-10,12H,3-5,8,15H2,1-2H3. The summed E-state index contributed by atoms with van der Waals surface area (Å²) in [5.74, 6) is 2.29. The predicted molar refractivity (Wildman–Crippen MR) is 69.5 cm³/mol. The number of rotatable bonds is 3. The summed E-state index contributed by atoms with van der Waals surface area (Å²) in [6.45, 7) is 2.29. The van der Waals surface area contributed by atoms with Crippen molar-refractivity contribution in [3.63, 3.8) is 0 Å². The molecule has 1 aromatic rings. The van der Waals surface area contributed by atoms with Crippen LogP contribution >= 0.6 is 0 Å². The van der Waals surface area contributed by atoms with Crippen molar-refractivity contribution in [1.82, 2.24) is 0 Å². The van der Waals surface area contributed by atoms with E-state index in [4.69, 9.17) is 15.2 Å². The Hall–Kier alpha value is -1.38. The van der Waals surface area contributed by atoms with Crippen molar-refractivity contribution in [2.24, 2.45) is 5.92 Å². The first-order valence-electron chi connectivity index (χ1n) is 6.29. The number of ether oxygens (including phenoxy) is 2. The van der Waals surface area contributed by atoms with Gasteiger partial charge in [0.05, 0.1) is 13.2 Å². The van der Waals surface area contributed by atoms with Crippen LogP contribution < -0.4 is 15.2 Å². The molecule has 1 aromatic carbocycles. The summed E-state index contributed by atoms with van der Waals surface area (Å²) in [6, 6.07) is 5.55. The highest BCUT2D eigenvalue weighted by Crippen LogP contribution is 2.33. The molecule has 2 N–H and O–H groups in total. The van der Waals surface area contributed by atoms with Gasteiger partial charge in [-0.1, -0.05) is 13.3 Å². The van der Waals surface area contributed by atoms with Crippen molar-refractivity contribution >= 4 is 5.69 Å². The third kappa shape index (κ3) is 3.05. The summed E-state index contributed by atoms with van der Waals surface area (Å²) >= 11 is 0. The lowest BCUT2D eigenvalue weighted by Gasteiger charge is -2.28. The molecule has 1 aliphatic rings. The molecule has 1 saturated carbocycles. The van der Waals surface area contributed by atoms with Crippen LogP contribution in [0.4, 0.5) is 5.69 Å². The summed E-state index contributed by atoms with van der Waals surface area (Å²) < 4.78 is 11.3. The number of anilines is 1. The lowest BCUT2D eigenvalue weighted by Crippen LogP contribution is -2.24. The van der Waals surface area contributed by atoms with E-state index in [1.807, 2.05) is 18.2 Å². The zero-order chi connectivity index (χ0) is 12.3. The van der Waals surface area contributed by atoms with Crippen LogP contribution in [0.5, 0.6) is 11.5 Å². The van der Waals surface area contributed by atoms with E-state index in [0.717, 1.165) is 30.3 Å². The number of hydrogen-bond acceptors (Lipinski definition) is 3. The topological polar surface area (TPSA) is 44.5 Å². The van der Waals surface area contributed by atoms with Crippen molar-refractivity contribution < 1.29 is 9.47 Å². The van der Waals surface area contributed by atoms with Crippen molar-refractivity contribution in [3.8, 4) is 11.5 Å². The third-order valence-electron chi connectivity index (χ3n) is 3.37. The van der Waals surface area contributed by atoms with Gasteiger partial charge in [0, 0.05) is 11.8 Å². The summed E-state index contributed by atoms with van der Waals surface area (Å²) in [5.41, 5.74) is 6.42. The average Bonchev–Trinajstić information content (AvgIpc) is 2.31. The van der Waals surface area contributed by atoms with Gasteiger partial charge in [0.1, 0.15) is 0 Å². The largest absolute Gasteiger partial charge is 0.493 e. The number of nitrogens with two attached hydrogens (primary N) is 1. The van der Waals surface area contributed by atoms with E-state index in [-0.39, 0.29) is 0 Å². The number of benzene rings is 1. The van der Waals surface area contributed by atoms with E-state index >= 15 is 0 Å².